The van der Waals surface area contributed by atoms with Gasteiger partial charge >= 0.3 is 5.97 Å². The molecule has 3 aromatic rings. The third-order valence-electron chi connectivity index (χ3n) is 7.48. The first-order chi connectivity index (χ1) is 16.9. The summed E-state index contributed by atoms with van der Waals surface area (Å²) in [7, 11) is 0. The van der Waals surface area contributed by atoms with Gasteiger partial charge in [0.25, 0.3) is 0 Å². The van der Waals surface area contributed by atoms with Gasteiger partial charge in [-0.25, -0.2) is 15.0 Å². The summed E-state index contributed by atoms with van der Waals surface area (Å²) >= 11 is 1.47. The highest BCUT2D eigenvalue weighted by molar-refractivity contribution is 7.15. The zero-order valence-corrected chi connectivity index (χ0v) is 21.0. The molecule has 0 spiro atoms. The molecule has 0 saturated heterocycles. The van der Waals surface area contributed by atoms with Gasteiger partial charge < -0.3 is 15.5 Å². The van der Waals surface area contributed by atoms with Crippen LogP contribution in [0.3, 0.4) is 0 Å². The van der Waals surface area contributed by atoms with Crippen molar-refractivity contribution < 1.29 is 15.0 Å². The Bertz CT molecular complexity index is 1220. The fourth-order valence-corrected chi connectivity index (χ4v) is 6.32. The number of aromatic nitrogens is 3. The van der Waals surface area contributed by atoms with Crippen LogP contribution in [0.25, 0.3) is 10.6 Å². The standard InChI is InChI=1S/C27H32N4O3S/c1-3-27(34,20-8-6-18(7-9-20)25(32)33)26-29-15-22(35-26)21-12-16(2)13-24(30-21)31-23-14-19(10-11-28-23)17-4-5-17/h10-15,17-18,20,34H,3-9H2,1-2H3,(H,32,33)(H,28,30,31)/t18-,20-,27-/m1/s1. The first-order valence-electron chi connectivity index (χ1n) is 12.5. The topological polar surface area (TPSA) is 108 Å². The number of thiazole rings is 1. The van der Waals surface area contributed by atoms with E-state index in [1.807, 2.05) is 32.2 Å². The summed E-state index contributed by atoms with van der Waals surface area (Å²) in [4.78, 5) is 26.2. The van der Waals surface area contributed by atoms with Crippen molar-refractivity contribution in [3.63, 3.8) is 0 Å². The quantitative estimate of drug-likeness (QED) is 0.353. The van der Waals surface area contributed by atoms with Crippen molar-refractivity contribution in [1.29, 1.82) is 0 Å². The van der Waals surface area contributed by atoms with E-state index in [0.29, 0.717) is 43.0 Å². The number of aryl methyl sites for hydroxylation is 1. The third kappa shape index (κ3) is 5.09. The van der Waals surface area contributed by atoms with E-state index in [0.717, 1.165) is 27.8 Å². The van der Waals surface area contributed by atoms with Gasteiger partial charge in [-0.2, -0.15) is 0 Å². The Balaban J connectivity index is 1.36. The second-order valence-electron chi connectivity index (χ2n) is 9.98. The molecule has 7 nitrogen and oxygen atoms in total. The minimum atomic E-state index is -1.05. The zero-order chi connectivity index (χ0) is 24.6. The monoisotopic (exact) mass is 492 g/mol. The molecule has 3 heterocycles. The molecule has 5 rings (SSSR count). The molecular weight excluding hydrogens is 460 g/mol. The Labute approximate surface area is 209 Å². The molecule has 1 atom stereocenters. The summed E-state index contributed by atoms with van der Waals surface area (Å²) in [5.74, 6) is 1.15. The Morgan fingerprint density at radius 3 is 2.57 bits per heavy atom. The van der Waals surface area contributed by atoms with Crippen LogP contribution in [0, 0.1) is 18.8 Å². The normalized spacial score (nSPS) is 21.9. The maximum atomic E-state index is 11.6. The number of nitrogens with zero attached hydrogens (tertiary/aromatic N) is 3. The lowest BCUT2D eigenvalue weighted by molar-refractivity contribution is -0.144. The molecule has 0 aromatic carbocycles. The number of hydrogen-bond acceptors (Lipinski definition) is 7. The van der Waals surface area contributed by atoms with Crippen molar-refractivity contribution in [2.24, 2.45) is 11.8 Å². The van der Waals surface area contributed by atoms with Gasteiger partial charge in [0.1, 0.15) is 22.2 Å². The van der Waals surface area contributed by atoms with Crippen LogP contribution in [0.1, 0.15) is 73.9 Å². The van der Waals surface area contributed by atoms with Gasteiger partial charge in [-0.15, -0.1) is 11.3 Å². The van der Waals surface area contributed by atoms with Crippen LogP contribution in [-0.2, 0) is 10.4 Å². The number of carboxylic acids is 1. The SMILES string of the molecule is CC[C@](O)(c1ncc(-c2cc(C)cc(Nc3cc(C4CC4)ccn3)n2)s1)[C@H]1CC[C@H](C(=O)O)CC1. The van der Waals surface area contributed by atoms with E-state index >= 15 is 0 Å². The molecule has 0 radical (unpaired) electrons. The Morgan fingerprint density at radius 1 is 1.11 bits per heavy atom. The Hall–Kier alpha value is -2.84. The van der Waals surface area contributed by atoms with Gasteiger partial charge in [0.15, 0.2) is 0 Å². The average molecular weight is 493 g/mol. The lowest BCUT2D eigenvalue weighted by Gasteiger charge is -2.37. The second kappa shape index (κ2) is 9.66. The van der Waals surface area contributed by atoms with E-state index in [9.17, 15) is 15.0 Å². The molecule has 184 valence electrons. The number of aliphatic carboxylic acids is 1. The number of nitrogens with one attached hydrogen (secondary N) is 1. The number of rotatable bonds is 8. The Morgan fingerprint density at radius 2 is 1.89 bits per heavy atom. The van der Waals surface area contributed by atoms with Crippen LogP contribution in [0.15, 0.2) is 36.7 Å². The van der Waals surface area contributed by atoms with Crippen LogP contribution >= 0.6 is 11.3 Å². The predicted octanol–water partition coefficient (Wildman–Crippen LogP) is 6.02. The predicted molar refractivity (Wildman–Crippen MR) is 137 cm³/mol. The van der Waals surface area contributed by atoms with Gasteiger partial charge in [-0.05, 0) is 99.1 Å². The van der Waals surface area contributed by atoms with E-state index in [-0.39, 0.29) is 11.8 Å². The van der Waals surface area contributed by atoms with Crippen LogP contribution in [-0.4, -0.2) is 31.1 Å². The van der Waals surface area contributed by atoms with E-state index in [1.165, 1.54) is 29.7 Å². The molecule has 2 aliphatic carbocycles. The van der Waals surface area contributed by atoms with E-state index in [1.54, 1.807) is 6.20 Å². The largest absolute Gasteiger partial charge is 0.481 e. The average Bonchev–Trinajstić information content (AvgIpc) is 3.59. The minimum Gasteiger partial charge on any atom is -0.481 e. The van der Waals surface area contributed by atoms with Crippen molar-refractivity contribution in [1.82, 2.24) is 15.0 Å². The molecule has 35 heavy (non-hydrogen) atoms. The highest BCUT2D eigenvalue weighted by Crippen LogP contribution is 2.45. The fourth-order valence-electron chi connectivity index (χ4n) is 5.20. The minimum absolute atomic E-state index is 0.00890. The smallest absolute Gasteiger partial charge is 0.306 e. The highest BCUT2D eigenvalue weighted by Gasteiger charge is 2.42. The number of pyridine rings is 2. The molecule has 2 saturated carbocycles. The van der Waals surface area contributed by atoms with Crippen molar-refractivity contribution >= 4 is 28.9 Å². The fraction of sp³-hybridized carbons (Fsp3) is 0.481. The molecule has 0 unspecified atom stereocenters. The van der Waals surface area contributed by atoms with Crippen molar-refractivity contribution in [3.05, 3.63) is 52.8 Å². The lowest BCUT2D eigenvalue weighted by Crippen LogP contribution is -2.37. The first-order valence-corrected chi connectivity index (χ1v) is 13.3. The number of carbonyl (C=O) groups is 1. The number of aliphatic hydroxyl groups is 1. The van der Waals surface area contributed by atoms with Crippen LogP contribution in [0.2, 0.25) is 0 Å². The lowest BCUT2D eigenvalue weighted by atomic mass is 9.72. The van der Waals surface area contributed by atoms with E-state index < -0.39 is 11.6 Å². The summed E-state index contributed by atoms with van der Waals surface area (Å²) in [6.07, 6.45) is 9.26. The van der Waals surface area contributed by atoms with Crippen molar-refractivity contribution in [3.8, 4) is 10.6 Å². The summed E-state index contributed by atoms with van der Waals surface area (Å²) in [5.41, 5.74) is 2.15. The summed E-state index contributed by atoms with van der Waals surface area (Å²) in [5, 5.41) is 25.0. The summed E-state index contributed by atoms with van der Waals surface area (Å²) in [6.45, 7) is 4.01. The molecule has 3 aromatic heterocycles. The molecular formula is C27H32N4O3S. The van der Waals surface area contributed by atoms with Crippen LogP contribution in [0.5, 0.6) is 0 Å². The molecule has 2 aliphatic rings. The van der Waals surface area contributed by atoms with Crippen molar-refractivity contribution in [2.45, 2.75) is 70.3 Å². The van der Waals surface area contributed by atoms with Gasteiger partial charge in [0.05, 0.1) is 16.5 Å². The third-order valence-corrected chi connectivity index (χ3v) is 8.66. The molecule has 0 bridgehead atoms. The van der Waals surface area contributed by atoms with Crippen LogP contribution in [0.4, 0.5) is 11.6 Å². The Kier molecular flexibility index (Phi) is 6.59. The maximum Gasteiger partial charge on any atom is 0.306 e. The van der Waals surface area contributed by atoms with E-state index in [4.69, 9.17) is 4.98 Å². The van der Waals surface area contributed by atoms with Gasteiger partial charge in [-0.3, -0.25) is 4.79 Å². The number of carboxylic acid groups (broad SMARTS) is 1. The summed E-state index contributed by atoms with van der Waals surface area (Å²) in [6, 6.07) is 8.21. The van der Waals surface area contributed by atoms with Gasteiger partial charge in [0, 0.05) is 12.4 Å². The molecule has 0 amide bonds. The van der Waals surface area contributed by atoms with Crippen molar-refractivity contribution in [2.75, 3.05) is 5.32 Å². The van der Waals surface area contributed by atoms with Gasteiger partial charge in [-0.1, -0.05) is 6.92 Å². The first kappa shape index (κ1) is 23.9. The molecule has 0 aliphatic heterocycles. The van der Waals surface area contributed by atoms with Gasteiger partial charge in [0.2, 0.25) is 0 Å². The zero-order valence-electron chi connectivity index (χ0n) is 20.2. The van der Waals surface area contributed by atoms with E-state index in [2.05, 4.69) is 27.4 Å². The highest BCUT2D eigenvalue weighted by atomic mass is 32.1. The second-order valence-corrected chi connectivity index (χ2v) is 11.0. The number of hydrogen-bond donors (Lipinski definition) is 3. The molecule has 3 N–H and O–H groups in total. The summed E-state index contributed by atoms with van der Waals surface area (Å²) < 4.78 is 0. The van der Waals surface area contributed by atoms with Crippen LogP contribution < -0.4 is 5.32 Å². The number of anilines is 2. The molecule has 2 fully saturated rings. The molecule has 8 heteroatoms. The maximum absolute atomic E-state index is 11.6.